The van der Waals surface area contributed by atoms with Crippen molar-refractivity contribution in [1.29, 1.82) is 0 Å². The monoisotopic (exact) mass is 242 g/mol. The normalized spacial score (nSPS) is 23.5. The molecular formula is C13H26N2O2. The summed E-state index contributed by atoms with van der Waals surface area (Å²) in [5, 5.41) is 12.2. The van der Waals surface area contributed by atoms with E-state index in [0.29, 0.717) is 19.1 Å². The van der Waals surface area contributed by atoms with Crippen LogP contribution in [0.1, 0.15) is 46.0 Å². The molecular weight excluding hydrogens is 216 g/mol. The first-order chi connectivity index (χ1) is 8.19. The Morgan fingerprint density at radius 1 is 1.47 bits per heavy atom. The van der Waals surface area contributed by atoms with Crippen LogP contribution in [0.3, 0.4) is 0 Å². The number of likely N-dealkylation sites (N-methyl/N-ethyl adjacent to an activating group) is 1. The minimum absolute atomic E-state index is 0.419. The molecule has 4 heteroatoms. The molecule has 2 N–H and O–H groups in total. The smallest absolute Gasteiger partial charge is 0.322 e. The Balaban J connectivity index is 2.52. The molecule has 1 rings (SSSR count). The third-order valence-electron chi connectivity index (χ3n) is 3.54. The van der Waals surface area contributed by atoms with Gasteiger partial charge in [0.2, 0.25) is 0 Å². The predicted molar refractivity (Wildman–Crippen MR) is 69.2 cm³/mol. The number of carbonyl (C=O) groups is 1. The minimum atomic E-state index is -0.729. The van der Waals surface area contributed by atoms with Gasteiger partial charge in [0.25, 0.3) is 0 Å². The molecule has 2 atom stereocenters. The maximum absolute atomic E-state index is 11.1. The quantitative estimate of drug-likeness (QED) is 0.713. The number of piperidine rings is 1. The second kappa shape index (κ2) is 7.67. The van der Waals surface area contributed by atoms with E-state index in [1.807, 2.05) is 6.92 Å². The second-order valence-corrected chi connectivity index (χ2v) is 4.88. The van der Waals surface area contributed by atoms with Gasteiger partial charge in [0, 0.05) is 12.6 Å². The third-order valence-corrected chi connectivity index (χ3v) is 3.54. The molecule has 0 aromatic carbocycles. The summed E-state index contributed by atoms with van der Waals surface area (Å²) < 4.78 is 0. The molecule has 1 heterocycles. The van der Waals surface area contributed by atoms with Crippen molar-refractivity contribution >= 4 is 5.97 Å². The molecule has 0 spiro atoms. The van der Waals surface area contributed by atoms with Crippen LogP contribution in [0.15, 0.2) is 0 Å². The SMILES string of the molecule is CCCC1CCCCN1CC(NCC)C(=O)O. The summed E-state index contributed by atoms with van der Waals surface area (Å²) in [5.74, 6) is -0.729. The molecule has 0 radical (unpaired) electrons. The molecule has 17 heavy (non-hydrogen) atoms. The van der Waals surface area contributed by atoms with Crippen molar-refractivity contribution in [2.75, 3.05) is 19.6 Å². The first-order valence-corrected chi connectivity index (χ1v) is 6.89. The largest absolute Gasteiger partial charge is 0.480 e. The highest BCUT2D eigenvalue weighted by Gasteiger charge is 2.26. The van der Waals surface area contributed by atoms with Crippen LogP contribution in [0, 0.1) is 0 Å². The van der Waals surface area contributed by atoms with E-state index in [2.05, 4.69) is 17.1 Å². The van der Waals surface area contributed by atoms with Gasteiger partial charge in [-0.3, -0.25) is 9.69 Å². The van der Waals surface area contributed by atoms with Crippen molar-refractivity contribution in [2.45, 2.75) is 58.0 Å². The second-order valence-electron chi connectivity index (χ2n) is 4.88. The average molecular weight is 242 g/mol. The maximum atomic E-state index is 11.1. The number of carboxylic acids is 1. The van der Waals surface area contributed by atoms with Crippen LogP contribution in [0.2, 0.25) is 0 Å². The molecule has 2 unspecified atom stereocenters. The zero-order chi connectivity index (χ0) is 12.7. The predicted octanol–water partition coefficient (Wildman–Crippen LogP) is 1.70. The molecule has 100 valence electrons. The molecule has 0 saturated carbocycles. The Labute approximate surface area is 104 Å². The van der Waals surface area contributed by atoms with Crippen molar-refractivity contribution < 1.29 is 9.90 Å². The Hall–Kier alpha value is -0.610. The molecule has 0 amide bonds. The van der Waals surface area contributed by atoms with E-state index in [9.17, 15) is 4.79 Å². The Morgan fingerprint density at radius 3 is 2.82 bits per heavy atom. The van der Waals surface area contributed by atoms with E-state index < -0.39 is 12.0 Å². The van der Waals surface area contributed by atoms with E-state index in [-0.39, 0.29) is 0 Å². The van der Waals surface area contributed by atoms with Gasteiger partial charge in [-0.05, 0) is 32.4 Å². The fourth-order valence-corrected chi connectivity index (χ4v) is 2.67. The molecule has 4 nitrogen and oxygen atoms in total. The van der Waals surface area contributed by atoms with Crippen molar-refractivity contribution in [3.63, 3.8) is 0 Å². The number of nitrogens with one attached hydrogen (secondary N) is 1. The standard InChI is InChI=1S/C13H26N2O2/c1-3-7-11-8-5-6-9-15(11)10-12(13(16)17)14-4-2/h11-12,14H,3-10H2,1-2H3,(H,16,17). The maximum Gasteiger partial charge on any atom is 0.322 e. The summed E-state index contributed by atoms with van der Waals surface area (Å²) in [6.45, 7) is 6.57. The van der Waals surface area contributed by atoms with Crippen molar-refractivity contribution in [3.8, 4) is 0 Å². The van der Waals surface area contributed by atoms with Crippen molar-refractivity contribution in [2.24, 2.45) is 0 Å². The highest BCUT2D eigenvalue weighted by molar-refractivity contribution is 5.73. The van der Waals surface area contributed by atoms with E-state index >= 15 is 0 Å². The van der Waals surface area contributed by atoms with Gasteiger partial charge in [0.05, 0.1) is 0 Å². The number of likely N-dealkylation sites (tertiary alicyclic amines) is 1. The number of hydrogen-bond acceptors (Lipinski definition) is 3. The molecule has 1 fully saturated rings. The lowest BCUT2D eigenvalue weighted by atomic mass is 9.97. The van der Waals surface area contributed by atoms with Crippen molar-refractivity contribution in [1.82, 2.24) is 10.2 Å². The van der Waals surface area contributed by atoms with Crippen LogP contribution in [0.4, 0.5) is 0 Å². The summed E-state index contributed by atoms with van der Waals surface area (Å²) >= 11 is 0. The summed E-state index contributed by atoms with van der Waals surface area (Å²) in [6.07, 6.45) is 6.10. The summed E-state index contributed by atoms with van der Waals surface area (Å²) in [6, 6.07) is 0.173. The molecule has 0 aromatic heterocycles. The zero-order valence-corrected chi connectivity index (χ0v) is 11.1. The zero-order valence-electron chi connectivity index (χ0n) is 11.1. The van der Waals surface area contributed by atoms with Crippen LogP contribution >= 0.6 is 0 Å². The Morgan fingerprint density at radius 2 is 2.24 bits per heavy atom. The highest BCUT2D eigenvalue weighted by atomic mass is 16.4. The van der Waals surface area contributed by atoms with Crippen LogP contribution in [0.5, 0.6) is 0 Å². The lowest BCUT2D eigenvalue weighted by Crippen LogP contribution is -2.50. The first-order valence-electron chi connectivity index (χ1n) is 6.89. The van der Waals surface area contributed by atoms with E-state index in [1.54, 1.807) is 0 Å². The molecule has 1 aliphatic heterocycles. The van der Waals surface area contributed by atoms with Gasteiger partial charge in [-0.2, -0.15) is 0 Å². The van der Waals surface area contributed by atoms with Crippen LogP contribution in [-0.4, -0.2) is 47.7 Å². The van der Waals surface area contributed by atoms with Crippen LogP contribution in [0.25, 0.3) is 0 Å². The van der Waals surface area contributed by atoms with Gasteiger partial charge in [0.1, 0.15) is 6.04 Å². The highest BCUT2D eigenvalue weighted by Crippen LogP contribution is 2.20. The van der Waals surface area contributed by atoms with Crippen LogP contribution < -0.4 is 5.32 Å². The third kappa shape index (κ3) is 4.64. The molecule has 0 aromatic rings. The minimum Gasteiger partial charge on any atom is -0.480 e. The van der Waals surface area contributed by atoms with Gasteiger partial charge < -0.3 is 10.4 Å². The summed E-state index contributed by atoms with van der Waals surface area (Å²) in [7, 11) is 0. The first kappa shape index (κ1) is 14.5. The van der Waals surface area contributed by atoms with Gasteiger partial charge in [0.15, 0.2) is 0 Å². The van der Waals surface area contributed by atoms with E-state index in [0.717, 1.165) is 6.54 Å². The average Bonchev–Trinajstić information content (AvgIpc) is 2.31. The topological polar surface area (TPSA) is 52.6 Å². The van der Waals surface area contributed by atoms with Gasteiger partial charge >= 0.3 is 5.97 Å². The molecule has 0 aliphatic carbocycles. The fraction of sp³-hybridized carbons (Fsp3) is 0.923. The van der Waals surface area contributed by atoms with E-state index in [4.69, 9.17) is 5.11 Å². The van der Waals surface area contributed by atoms with Crippen LogP contribution in [-0.2, 0) is 4.79 Å². The summed E-state index contributed by atoms with van der Waals surface area (Å²) in [5.41, 5.74) is 0. The number of carboxylic acid groups (broad SMARTS) is 1. The van der Waals surface area contributed by atoms with Crippen molar-refractivity contribution in [3.05, 3.63) is 0 Å². The molecule has 0 bridgehead atoms. The lowest BCUT2D eigenvalue weighted by molar-refractivity contribution is -0.140. The Bertz CT molecular complexity index is 231. The fourth-order valence-electron chi connectivity index (χ4n) is 2.67. The van der Waals surface area contributed by atoms with Gasteiger partial charge in [-0.25, -0.2) is 0 Å². The van der Waals surface area contributed by atoms with Gasteiger partial charge in [-0.15, -0.1) is 0 Å². The summed E-state index contributed by atoms with van der Waals surface area (Å²) in [4.78, 5) is 13.5. The molecule has 1 aliphatic rings. The van der Waals surface area contributed by atoms with Gasteiger partial charge in [-0.1, -0.05) is 26.7 Å². The van der Waals surface area contributed by atoms with E-state index in [1.165, 1.54) is 32.1 Å². The lowest BCUT2D eigenvalue weighted by Gasteiger charge is -2.37. The number of aliphatic carboxylic acids is 1. The number of nitrogens with zero attached hydrogens (tertiary/aromatic N) is 1. The number of hydrogen-bond donors (Lipinski definition) is 2. The molecule has 1 saturated heterocycles. The number of rotatable bonds is 7. The Kier molecular flexibility index (Phi) is 6.52.